The number of hydrogen-bond acceptors (Lipinski definition) is 7. The van der Waals surface area contributed by atoms with E-state index in [1.165, 1.54) is 0 Å². The Morgan fingerprint density at radius 3 is 2.63 bits per heavy atom. The number of carbonyl (C=O) groups is 2. The fraction of sp³-hybridized carbons (Fsp3) is 0.161. The molecule has 8 nitrogen and oxygen atoms in total. The number of para-hydroxylation sites is 1. The average Bonchev–Trinajstić information content (AvgIpc) is 3.65. The molecule has 2 unspecified atom stereocenters. The first kappa shape index (κ1) is 26.9. The number of benzene rings is 3. The van der Waals surface area contributed by atoms with Gasteiger partial charge < -0.3 is 15.0 Å². The third-order valence-corrected chi connectivity index (χ3v) is 9.41. The summed E-state index contributed by atoms with van der Waals surface area (Å²) in [4.78, 5) is 33.0. The Morgan fingerprint density at radius 2 is 1.85 bits per heavy atom. The lowest BCUT2D eigenvalue weighted by Gasteiger charge is -2.36. The number of nitrogens with two attached hydrogens (primary N) is 1. The average molecular weight is 582 g/mol. The van der Waals surface area contributed by atoms with Crippen molar-refractivity contribution in [1.29, 1.82) is 5.41 Å². The minimum Gasteiger partial charge on any atom is -0.483 e. The van der Waals surface area contributed by atoms with Crippen molar-refractivity contribution in [3.8, 4) is 5.75 Å². The Labute approximate surface area is 245 Å². The highest BCUT2D eigenvalue weighted by molar-refractivity contribution is 8.14. The van der Waals surface area contributed by atoms with E-state index < -0.39 is 22.5 Å². The number of ether oxygens (including phenoxy) is 1. The molecule has 1 aromatic heterocycles. The molecule has 41 heavy (non-hydrogen) atoms. The molecule has 0 saturated heterocycles. The number of rotatable bonds is 9. The minimum absolute atomic E-state index is 0.0805. The highest BCUT2D eigenvalue weighted by Crippen LogP contribution is 2.52. The van der Waals surface area contributed by atoms with E-state index in [0.29, 0.717) is 23.8 Å². The Morgan fingerprint density at radius 1 is 1.07 bits per heavy atom. The van der Waals surface area contributed by atoms with Gasteiger partial charge in [-0.25, -0.2) is 0 Å². The number of fused-ring (bicyclic) bond motifs is 2. The van der Waals surface area contributed by atoms with E-state index in [4.69, 9.17) is 20.9 Å². The number of nitrogens with zero attached hydrogens (tertiary/aromatic N) is 2. The van der Waals surface area contributed by atoms with Gasteiger partial charge in [0.1, 0.15) is 17.4 Å². The van der Waals surface area contributed by atoms with Crippen LogP contribution in [0.4, 0.5) is 5.69 Å². The molecule has 206 valence electrons. The summed E-state index contributed by atoms with van der Waals surface area (Å²) in [5.41, 5.74) is 7.49. The lowest BCUT2D eigenvalue weighted by atomic mass is 9.71. The second-order valence-electron chi connectivity index (χ2n) is 9.66. The summed E-state index contributed by atoms with van der Waals surface area (Å²) in [6, 6.07) is 25.2. The van der Waals surface area contributed by atoms with E-state index in [1.54, 1.807) is 28.7 Å². The molecule has 0 saturated carbocycles. The highest BCUT2D eigenvalue weighted by Gasteiger charge is 2.54. The molecule has 0 fully saturated rings. The number of imide groups is 1. The van der Waals surface area contributed by atoms with Crippen molar-refractivity contribution in [1.82, 2.24) is 9.88 Å². The Balaban J connectivity index is 1.51. The predicted molar refractivity (Wildman–Crippen MR) is 166 cm³/mol. The third-order valence-electron chi connectivity index (χ3n) is 7.32. The van der Waals surface area contributed by atoms with E-state index in [9.17, 15) is 9.59 Å². The van der Waals surface area contributed by atoms with Crippen LogP contribution < -0.4 is 15.8 Å². The van der Waals surface area contributed by atoms with Gasteiger partial charge in [-0.05, 0) is 59.8 Å². The number of amides is 2. The van der Waals surface area contributed by atoms with Crippen LogP contribution in [0.3, 0.4) is 0 Å². The van der Waals surface area contributed by atoms with Crippen molar-refractivity contribution in [2.75, 3.05) is 5.94 Å². The van der Waals surface area contributed by atoms with Crippen LogP contribution in [0.2, 0.25) is 0 Å². The molecular weight excluding hydrogens is 555 g/mol. The number of thioether (sulfide) groups is 2. The number of carbonyl (C=O) groups excluding carboxylic acids is 2. The van der Waals surface area contributed by atoms with E-state index >= 15 is 0 Å². The Bertz CT molecular complexity index is 1750. The van der Waals surface area contributed by atoms with E-state index in [1.807, 2.05) is 85.8 Å². The maximum atomic E-state index is 13.8. The van der Waals surface area contributed by atoms with Crippen molar-refractivity contribution < 1.29 is 14.3 Å². The summed E-state index contributed by atoms with van der Waals surface area (Å²) in [6.07, 6.45) is 4.09. The summed E-state index contributed by atoms with van der Waals surface area (Å²) in [5, 5.41) is 11.1. The summed E-state index contributed by atoms with van der Waals surface area (Å²) in [5.74, 6) is 0.0267. The van der Waals surface area contributed by atoms with Crippen LogP contribution >= 0.6 is 23.5 Å². The molecule has 10 heteroatoms. The first-order chi connectivity index (χ1) is 19.9. The van der Waals surface area contributed by atoms with Gasteiger partial charge >= 0.3 is 0 Å². The number of amidine groups is 1. The maximum Gasteiger partial charge on any atom is 0.275 e. The molecule has 2 aliphatic rings. The molecule has 2 amide bonds. The highest BCUT2D eigenvalue weighted by atomic mass is 32.2. The first-order valence-electron chi connectivity index (χ1n) is 13.1. The predicted octanol–water partition coefficient (Wildman–Crippen LogP) is 5.70. The molecule has 2 aliphatic heterocycles. The lowest BCUT2D eigenvalue weighted by Crippen LogP contribution is -2.44. The minimum atomic E-state index is -1.15. The van der Waals surface area contributed by atoms with Crippen molar-refractivity contribution in [3.63, 3.8) is 0 Å². The number of hydrogen-bond donors (Lipinski definition) is 3. The Kier molecular flexibility index (Phi) is 7.19. The molecule has 0 radical (unpaired) electrons. The molecular formula is C31H27N5O3S2. The monoisotopic (exact) mass is 581 g/mol. The van der Waals surface area contributed by atoms with Crippen molar-refractivity contribution in [2.24, 2.45) is 10.7 Å². The zero-order valence-electron chi connectivity index (χ0n) is 22.2. The van der Waals surface area contributed by atoms with Crippen molar-refractivity contribution in [3.05, 3.63) is 96.2 Å². The van der Waals surface area contributed by atoms with Crippen LogP contribution in [0.25, 0.3) is 16.6 Å². The maximum absolute atomic E-state index is 13.8. The van der Waals surface area contributed by atoms with Gasteiger partial charge in [-0.1, -0.05) is 66.8 Å². The number of nitrogens with one attached hydrogen (secondary N) is 2. The smallest absolute Gasteiger partial charge is 0.275 e. The zero-order chi connectivity index (χ0) is 28.6. The summed E-state index contributed by atoms with van der Waals surface area (Å²) in [7, 11) is 0. The fourth-order valence-electron chi connectivity index (χ4n) is 5.58. The van der Waals surface area contributed by atoms with Crippen LogP contribution in [0.15, 0.2) is 101 Å². The van der Waals surface area contributed by atoms with Crippen LogP contribution in [0, 0.1) is 5.41 Å². The molecule has 4 aromatic rings. The standard InChI is InChI=1S/C31H27N5O3S2/c1-2-25(41-30(32)33)31(26-27(29(38)35-28(26)37)36-15-14-19-8-6-7-11-24(19)36)17-34-23-13-12-20(16-22(23)31)39-18-40-21-9-4-3-5-10-21/h3-17,25H,2,18H2,1H3,(H3,32,33)(H,35,37,38). The third kappa shape index (κ3) is 4.72. The van der Waals surface area contributed by atoms with Gasteiger partial charge in [0.2, 0.25) is 0 Å². The van der Waals surface area contributed by atoms with E-state index in [-0.39, 0.29) is 16.4 Å². The largest absolute Gasteiger partial charge is 0.483 e. The van der Waals surface area contributed by atoms with Crippen LogP contribution in [0.1, 0.15) is 18.9 Å². The second kappa shape index (κ2) is 10.9. The number of aliphatic imine (C=N–C) groups is 1. The first-order valence-corrected chi connectivity index (χ1v) is 15.0. The Hall–Kier alpha value is -4.28. The normalized spacial score (nSPS) is 18.6. The molecule has 0 aliphatic carbocycles. The molecule has 2 atom stereocenters. The van der Waals surface area contributed by atoms with Gasteiger partial charge in [-0.2, -0.15) is 0 Å². The number of aromatic nitrogens is 1. The second-order valence-corrected chi connectivity index (χ2v) is 11.9. The zero-order valence-corrected chi connectivity index (χ0v) is 23.8. The molecule has 3 aromatic carbocycles. The summed E-state index contributed by atoms with van der Waals surface area (Å²) >= 11 is 2.73. The SMILES string of the molecule is CCC(SC(=N)N)C1(C2=C(n3ccc4ccccc43)C(=O)NC2=O)C=Nc2ccc(OCSc3ccccc3)cc21. The van der Waals surface area contributed by atoms with Gasteiger partial charge in [0, 0.05) is 22.6 Å². The van der Waals surface area contributed by atoms with Gasteiger partial charge in [0.25, 0.3) is 11.8 Å². The van der Waals surface area contributed by atoms with Crippen molar-refractivity contribution in [2.45, 2.75) is 28.9 Å². The van der Waals surface area contributed by atoms with E-state index in [0.717, 1.165) is 33.1 Å². The molecule has 0 spiro atoms. The summed E-state index contributed by atoms with van der Waals surface area (Å²) < 4.78 is 7.90. The van der Waals surface area contributed by atoms with Crippen LogP contribution in [-0.4, -0.2) is 39.0 Å². The van der Waals surface area contributed by atoms with Crippen LogP contribution in [0.5, 0.6) is 5.75 Å². The molecule has 4 N–H and O–H groups in total. The van der Waals surface area contributed by atoms with E-state index in [2.05, 4.69) is 5.32 Å². The van der Waals surface area contributed by atoms with Gasteiger partial charge in [0.05, 0.1) is 22.2 Å². The molecule has 6 rings (SSSR count). The summed E-state index contributed by atoms with van der Waals surface area (Å²) in [6.45, 7) is 1.98. The lowest BCUT2D eigenvalue weighted by molar-refractivity contribution is -0.123. The fourth-order valence-corrected chi connectivity index (χ4v) is 7.22. The molecule has 3 heterocycles. The van der Waals surface area contributed by atoms with Crippen LogP contribution in [-0.2, 0) is 15.0 Å². The molecule has 0 bridgehead atoms. The quantitative estimate of drug-likeness (QED) is 0.0767. The van der Waals surface area contributed by atoms with Gasteiger partial charge in [-0.15, -0.1) is 0 Å². The van der Waals surface area contributed by atoms with Gasteiger partial charge in [0.15, 0.2) is 5.17 Å². The van der Waals surface area contributed by atoms with Gasteiger partial charge in [-0.3, -0.25) is 25.3 Å². The topological polar surface area (TPSA) is 123 Å². The van der Waals surface area contributed by atoms with Crippen molar-refractivity contribution >= 4 is 69.0 Å².